The van der Waals surface area contributed by atoms with E-state index in [-0.39, 0.29) is 7.92 Å². The summed E-state index contributed by atoms with van der Waals surface area (Å²) in [6.45, 7) is 0. The Morgan fingerprint density at radius 2 is 1.44 bits per heavy atom. The highest BCUT2D eigenvalue weighted by Gasteiger charge is 2.27. The van der Waals surface area contributed by atoms with Crippen LogP contribution in [0.4, 0.5) is 0 Å². The van der Waals surface area contributed by atoms with Crippen molar-refractivity contribution in [2.75, 3.05) is 0 Å². The Morgan fingerprint density at radius 1 is 0.875 bits per heavy atom. The van der Waals surface area contributed by atoms with Gasteiger partial charge in [0.25, 0.3) is 0 Å². The first-order valence-electron chi connectivity index (χ1n) is 5.80. The molecule has 0 bridgehead atoms. The van der Waals surface area contributed by atoms with Crippen LogP contribution < -0.4 is 0 Å². The smallest absolute Gasteiger partial charge is 0.0205 e. The summed E-state index contributed by atoms with van der Waals surface area (Å²) in [5, 5.41) is 1.57. The highest BCUT2D eigenvalue weighted by Crippen LogP contribution is 2.58. The Morgan fingerprint density at radius 3 is 1.88 bits per heavy atom. The molecule has 0 nitrogen and oxygen atoms in total. The molecule has 0 radical (unpaired) electrons. The molecule has 0 saturated heterocycles. The molecule has 3 rings (SSSR count). The van der Waals surface area contributed by atoms with Crippen molar-refractivity contribution in [2.24, 2.45) is 0 Å². The minimum atomic E-state index is -0.137. The topological polar surface area (TPSA) is 0 Å². The monoisotopic (exact) mass is 226 g/mol. The number of hydrogen-bond acceptors (Lipinski definition) is 0. The maximum absolute atomic E-state index is 2.39. The van der Waals surface area contributed by atoms with Crippen LogP contribution in [0, 0.1) is 0 Å². The molecule has 0 spiro atoms. The van der Waals surface area contributed by atoms with Gasteiger partial charge in [-0.25, -0.2) is 0 Å². The molecule has 1 heteroatoms. The molecular formula is C15H15P. The SMILES string of the molecule is C1=CC(P(C2=CCC=C2)C2C=CC=C2)C=C1. The lowest BCUT2D eigenvalue weighted by Gasteiger charge is -2.26. The van der Waals surface area contributed by atoms with Crippen molar-refractivity contribution in [1.82, 2.24) is 0 Å². The highest BCUT2D eigenvalue weighted by atomic mass is 31.1. The summed E-state index contributed by atoms with van der Waals surface area (Å²) in [5.74, 6) is 0. The van der Waals surface area contributed by atoms with Crippen molar-refractivity contribution >= 4 is 7.92 Å². The third-order valence-corrected chi connectivity index (χ3v) is 6.05. The number of allylic oxidation sites excluding steroid dienone is 12. The van der Waals surface area contributed by atoms with Gasteiger partial charge < -0.3 is 0 Å². The molecule has 0 unspecified atom stereocenters. The lowest BCUT2D eigenvalue weighted by Crippen LogP contribution is -2.06. The van der Waals surface area contributed by atoms with Gasteiger partial charge in [-0.3, -0.25) is 0 Å². The predicted molar refractivity (Wildman–Crippen MR) is 72.9 cm³/mol. The van der Waals surface area contributed by atoms with Gasteiger partial charge in [0.05, 0.1) is 0 Å². The van der Waals surface area contributed by atoms with Gasteiger partial charge in [0.15, 0.2) is 0 Å². The van der Waals surface area contributed by atoms with E-state index >= 15 is 0 Å². The maximum Gasteiger partial charge on any atom is 0.0205 e. The summed E-state index contributed by atoms with van der Waals surface area (Å²) in [6.07, 6.45) is 26.2. The summed E-state index contributed by atoms with van der Waals surface area (Å²) in [4.78, 5) is 0. The number of rotatable bonds is 3. The summed E-state index contributed by atoms with van der Waals surface area (Å²) < 4.78 is 0. The molecule has 0 amide bonds. The van der Waals surface area contributed by atoms with Crippen molar-refractivity contribution in [2.45, 2.75) is 17.7 Å². The fourth-order valence-corrected chi connectivity index (χ4v) is 5.21. The molecule has 0 aromatic rings. The summed E-state index contributed by atoms with van der Waals surface area (Å²) >= 11 is 0. The van der Waals surface area contributed by atoms with Gasteiger partial charge in [-0.15, -0.1) is 0 Å². The van der Waals surface area contributed by atoms with E-state index in [1.54, 1.807) is 5.31 Å². The van der Waals surface area contributed by atoms with Gasteiger partial charge in [-0.2, -0.15) is 0 Å². The molecule has 0 aromatic carbocycles. The molecule has 0 saturated carbocycles. The van der Waals surface area contributed by atoms with E-state index in [0.29, 0.717) is 11.3 Å². The Balaban J connectivity index is 1.90. The fraction of sp³-hybridized carbons (Fsp3) is 0.200. The van der Waals surface area contributed by atoms with Gasteiger partial charge in [0.2, 0.25) is 0 Å². The summed E-state index contributed by atoms with van der Waals surface area (Å²) in [6, 6.07) is 0. The molecule has 0 fully saturated rings. The van der Waals surface area contributed by atoms with E-state index in [1.165, 1.54) is 0 Å². The van der Waals surface area contributed by atoms with Crippen molar-refractivity contribution in [1.29, 1.82) is 0 Å². The Labute approximate surface area is 98.2 Å². The lowest BCUT2D eigenvalue weighted by atomic mass is 10.4. The first-order chi connectivity index (χ1) is 7.95. The first-order valence-corrected chi connectivity index (χ1v) is 7.28. The second kappa shape index (κ2) is 4.39. The second-order valence-electron chi connectivity index (χ2n) is 4.20. The van der Waals surface area contributed by atoms with Crippen LogP contribution in [0.3, 0.4) is 0 Å². The van der Waals surface area contributed by atoms with Crippen LogP contribution in [0.15, 0.2) is 72.2 Å². The quantitative estimate of drug-likeness (QED) is 0.629. The van der Waals surface area contributed by atoms with Crippen molar-refractivity contribution < 1.29 is 0 Å². The number of hydrogen-bond donors (Lipinski definition) is 0. The third kappa shape index (κ3) is 1.79. The molecule has 0 N–H and O–H groups in total. The molecule has 0 aliphatic heterocycles. The average molecular weight is 226 g/mol. The normalized spacial score (nSPS) is 23.2. The van der Waals surface area contributed by atoms with Crippen molar-refractivity contribution in [3.8, 4) is 0 Å². The van der Waals surface area contributed by atoms with Crippen LogP contribution in [0.25, 0.3) is 0 Å². The molecule has 0 aromatic heterocycles. The van der Waals surface area contributed by atoms with Crippen LogP contribution in [0.2, 0.25) is 0 Å². The van der Waals surface area contributed by atoms with Crippen molar-refractivity contribution in [3.63, 3.8) is 0 Å². The van der Waals surface area contributed by atoms with Crippen LogP contribution in [0.5, 0.6) is 0 Å². The largest absolute Gasteiger partial charge is 0.0801 e. The fourth-order valence-electron chi connectivity index (χ4n) is 2.39. The summed E-state index contributed by atoms with van der Waals surface area (Å²) in [7, 11) is -0.137. The van der Waals surface area contributed by atoms with Gasteiger partial charge in [0.1, 0.15) is 0 Å². The van der Waals surface area contributed by atoms with Gasteiger partial charge in [0, 0.05) is 11.3 Å². The predicted octanol–water partition coefficient (Wildman–Crippen LogP) is 4.30. The van der Waals surface area contributed by atoms with E-state index in [1.807, 2.05) is 0 Å². The highest BCUT2D eigenvalue weighted by molar-refractivity contribution is 7.64. The second-order valence-corrected chi connectivity index (χ2v) is 6.72. The molecular weight excluding hydrogens is 211 g/mol. The van der Waals surface area contributed by atoms with E-state index in [4.69, 9.17) is 0 Å². The van der Waals surface area contributed by atoms with Crippen LogP contribution in [-0.2, 0) is 0 Å². The summed E-state index contributed by atoms with van der Waals surface area (Å²) in [5.41, 5.74) is 1.25. The zero-order valence-corrected chi connectivity index (χ0v) is 10.1. The Kier molecular flexibility index (Phi) is 2.76. The molecule has 16 heavy (non-hydrogen) atoms. The minimum Gasteiger partial charge on any atom is -0.0801 e. The molecule has 3 aliphatic rings. The van der Waals surface area contributed by atoms with E-state index in [9.17, 15) is 0 Å². The third-order valence-electron chi connectivity index (χ3n) is 3.15. The Bertz CT molecular complexity index is 394. The Hall–Kier alpha value is -1.13. The van der Waals surface area contributed by atoms with Gasteiger partial charge in [-0.05, 0) is 11.7 Å². The first kappa shape index (κ1) is 10.1. The minimum absolute atomic E-state index is 0.137. The molecule has 3 aliphatic carbocycles. The van der Waals surface area contributed by atoms with Crippen LogP contribution >= 0.6 is 7.92 Å². The molecule has 80 valence electrons. The van der Waals surface area contributed by atoms with E-state index < -0.39 is 0 Å². The standard InChI is InChI=1S/C15H15P/c1-2-8-13(7-1)16(14-9-3-4-10-14)15-11-5-6-12-15/h1-5,7-14H,6H2. The zero-order valence-electron chi connectivity index (χ0n) is 9.16. The lowest BCUT2D eigenvalue weighted by molar-refractivity contribution is 1.33. The van der Waals surface area contributed by atoms with Gasteiger partial charge in [-0.1, -0.05) is 74.8 Å². The zero-order chi connectivity index (χ0) is 10.8. The molecule has 0 heterocycles. The van der Waals surface area contributed by atoms with E-state index in [0.717, 1.165) is 6.42 Å². The van der Waals surface area contributed by atoms with Crippen LogP contribution in [0.1, 0.15) is 6.42 Å². The molecule has 0 atom stereocenters. The van der Waals surface area contributed by atoms with Gasteiger partial charge >= 0.3 is 0 Å². The average Bonchev–Trinajstić information content (AvgIpc) is 3.02. The van der Waals surface area contributed by atoms with E-state index in [2.05, 4.69) is 66.8 Å². The van der Waals surface area contributed by atoms with Crippen LogP contribution in [-0.4, -0.2) is 11.3 Å². The maximum atomic E-state index is 2.39. The van der Waals surface area contributed by atoms with Crippen molar-refractivity contribution in [3.05, 3.63) is 72.2 Å².